The lowest BCUT2D eigenvalue weighted by atomic mass is 10.2. The maximum absolute atomic E-state index is 13.0. The number of hydrogen-bond donors (Lipinski definition) is 2. The van der Waals surface area contributed by atoms with Crippen LogP contribution in [0.2, 0.25) is 0 Å². The lowest BCUT2D eigenvalue weighted by molar-refractivity contribution is -0.131. The maximum Gasteiger partial charge on any atom is 0.279 e. The highest BCUT2D eigenvalue weighted by Gasteiger charge is 2.15. The summed E-state index contributed by atoms with van der Waals surface area (Å²) in [6.45, 7) is 1.56. The summed E-state index contributed by atoms with van der Waals surface area (Å²) in [5.74, 6) is -0.927. The van der Waals surface area contributed by atoms with E-state index in [0.717, 1.165) is 4.47 Å². The largest absolute Gasteiger partial charge is 0.481 e. The first-order valence-electron chi connectivity index (χ1n) is 7.40. The number of hydrogen-bond acceptors (Lipinski definition) is 3. The smallest absolute Gasteiger partial charge is 0.279 e. The van der Waals surface area contributed by atoms with Gasteiger partial charge in [0.1, 0.15) is 11.6 Å². The normalized spacial score (nSPS) is 11.8. The predicted molar refractivity (Wildman–Crippen MR) is 96.0 cm³/mol. The molecule has 0 radical (unpaired) electrons. The molecule has 1 atom stereocenters. The van der Waals surface area contributed by atoms with Crippen molar-refractivity contribution in [3.63, 3.8) is 0 Å². The van der Waals surface area contributed by atoms with Crippen LogP contribution in [0.4, 0.5) is 4.39 Å². The quantitative estimate of drug-likeness (QED) is 0.591. The molecule has 0 saturated carbocycles. The van der Waals surface area contributed by atoms with Gasteiger partial charge in [-0.2, -0.15) is 0 Å². The summed E-state index contributed by atoms with van der Waals surface area (Å²) in [6, 6.07) is 12.8. The third kappa shape index (κ3) is 6.39. The molecule has 5 nitrogen and oxygen atoms in total. The van der Waals surface area contributed by atoms with Crippen molar-refractivity contribution < 1.29 is 18.7 Å². The average Bonchev–Trinajstić information content (AvgIpc) is 2.58. The Balaban J connectivity index is 1.81. The molecule has 2 rings (SSSR count). The molecule has 0 unspecified atom stereocenters. The molecule has 130 valence electrons. The van der Waals surface area contributed by atoms with Gasteiger partial charge in [-0.15, -0.1) is 0 Å². The molecule has 0 aromatic heterocycles. The summed E-state index contributed by atoms with van der Waals surface area (Å²) in [5.41, 5.74) is 5.04. The number of amides is 2. The van der Waals surface area contributed by atoms with Gasteiger partial charge in [0.15, 0.2) is 6.10 Å². The van der Waals surface area contributed by atoms with E-state index in [2.05, 4.69) is 26.8 Å². The average molecular weight is 407 g/mol. The van der Waals surface area contributed by atoms with E-state index in [0.29, 0.717) is 11.3 Å². The fraction of sp³-hybridized carbons (Fsp3) is 0.111. The zero-order valence-corrected chi connectivity index (χ0v) is 14.9. The number of nitrogens with one attached hydrogen (secondary N) is 2. The van der Waals surface area contributed by atoms with Crippen LogP contribution in [0.5, 0.6) is 5.75 Å². The number of ether oxygens (including phenoxy) is 1. The van der Waals surface area contributed by atoms with E-state index in [1.165, 1.54) is 30.4 Å². The summed E-state index contributed by atoms with van der Waals surface area (Å²) < 4.78 is 19.3. The van der Waals surface area contributed by atoms with Crippen molar-refractivity contribution in [3.05, 3.63) is 70.5 Å². The highest BCUT2D eigenvalue weighted by atomic mass is 79.9. The summed E-state index contributed by atoms with van der Waals surface area (Å²) in [5, 5.41) is 0. The first kappa shape index (κ1) is 18.7. The van der Waals surface area contributed by atoms with Gasteiger partial charge in [0.2, 0.25) is 0 Å². The van der Waals surface area contributed by atoms with Gasteiger partial charge >= 0.3 is 0 Å². The molecule has 2 amide bonds. The van der Waals surface area contributed by atoms with E-state index in [4.69, 9.17) is 4.74 Å². The Hall–Kier alpha value is -2.67. The predicted octanol–water partition coefficient (Wildman–Crippen LogP) is 3.22. The number of carbonyl (C=O) groups is 2. The summed E-state index contributed by atoms with van der Waals surface area (Å²) in [4.78, 5) is 23.6. The van der Waals surface area contributed by atoms with Crippen molar-refractivity contribution in [3.8, 4) is 5.75 Å². The molecular formula is C18H16BrFN2O3. The molecule has 2 aromatic carbocycles. The summed E-state index contributed by atoms with van der Waals surface area (Å²) in [6.07, 6.45) is 1.82. The number of rotatable bonds is 5. The third-order valence-corrected chi connectivity index (χ3v) is 3.56. The zero-order valence-electron chi connectivity index (χ0n) is 13.3. The highest BCUT2D eigenvalue weighted by Crippen LogP contribution is 2.18. The molecule has 2 aromatic rings. The first-order chi connectivity index (χ1) is 11.9. The van der Waals surface area contributed by atoms with E-state index in [1.54, 1.807) is 31.2 Å². The van der Waals surface area contributed by atoms with E-state index in [1.807, 2.05) is 6.07 Å². The van der Waals surface area contributed by atoms with Gasteiger partial charge < -0.3 is 4.74 Å². The minimum atomic E-state index is -0.804. The molecule has 0 fully saturated rings. The highest BCUT2D eigenvalue weighted by molar-refractivity contribution is 9.10. The van der Waals surface area contributed by atoms with Crippen molar-refractivity contribution in [1.82, 2.24) is 10.9 Å². The van der Waals surface area contributed by atoms with Gasteiger partial charge in [-0.25, -0.2) is 4.39 Å². The van der Waals surface area contributed by atoms with E-state index in [-0.39, 0.29) is 0 Å². The molecule has 0 saturated heterocycles. The molecule has 0 aliphatic carbocycles. The van der Waals surface area contributed by atoms with Crippen LogP contribution in [-0.2, 0) is 9.59 Å². The Morgan fingerprint density at radius 1 is 1.16 bits per heavy atom. The Bertz CT molecular complexity index is 795. The van der Waals surface area contributed by atoms with E-state index in [9.17, 15) is 14.0 Å². The lowest BCUT2D eigenvalue weighted by Gasteiger charge is -2.14. The lowest BCUT2D eigenvalue weighted by Crippen LogP contribution is -2.46. The molecule has 25 heavy (non-hydrogen) atoms. The van der Waals surface area contributed by atoms with Crippen molar-refractivity contribution in [2.45, 2.75) is 13.0 Å². The number of benzene rings is 2. The van der Waals surface area contributed by atoms with E-state index >= 15 is 0 Å². The molecule has 0 aliphatic rings. The topological polar surface area (TPSA) is 67.4 Å². The Morgan fingerprint density at radius 2 is 1.92 bits per heavy atom. The van der Waals surface area contributed by atoms with Gasteiger partial charge in [-0.3, -0.25) is 20.4 Å². The van der Waals surface area contributed by atoms with Crippen LogP contribution < -0.4 is 15.6 Å². The van der Waals surface area contributed by atoms with Crippen LogP contribution in [0, 0.1) is 5.82 Å². The Kier molecular flexibility index (Phi) is 6.71. The third-order valence-electron chi connectivity index (χ3n) is 3.06. The molecular weight excluding hydrogens is 391 g/mol. The van der Waals surface area contributed by atoms with Gasteiger partial charge in [0.25, 0.3) is 11.8 Å². The van der Waals surface area contributed by atoms with Gasteiger partial charge in [-0.1, -0.05) is 34.1 Å². The van der Waals surface area contributed by atoms with Crippen molar-refractivity contribution in [2.24, 2.45) is 0 Å². The second-order valence-corrected chi connectivity index (χ2v) is 6.00. The minimum absolute atomic E-state index is 0.394. The van der Waals surface area contributed by atoms with Crippen LogP contribution in [0.25, 0.3) is 6.08 Å². The number of carbonyl (C=O) groups excluding carboxylic acids is 2. The Morgan fingerprint density at radius 3 is 2.64 bits per heavy atom. The van der Waals surface area contributed by atoms with Crippen molar-refractivity contribution in [1.29, 1.82) is 0 Å². The van der Waals surface area contributed by atoms with Gasteiger partial charge in [0, 0.05) is 10.5 Å². The maximum atomic E-state index is 13.0. The fourth-order valence-electron chi connectivity index (χ4n) is 1.85. The standard InChI is InChI=1S/C18H16BrFN2O3/c1-12(25-16-7-3-5-14(19)11-16)18(24)22-21-17(23)9-8-13-4-2-6-15(20)10-13/h2-12H,1H3,(H,21,23)(H,22,24)/b9-8+/t12-/m1/s1. The number of halogens is 2. The molecule has 0 spiro atoms. The zero-order chi connectivity index (χ0) is 18.2. The number of hydrazine groups is 1. The summed E-state index contributed by atoms with van der Waals surface area (Å²) in [7, 11) is 0. The van der Waals surface area contributed by atoms with E-state index < -0.39 is 23.7 Å². The molecule has 7 heteroatoms. The Labute approximate surface area is 153 Å². The molecule has 0 bridgehead atoms. The second-order valence-electron chi connectivity index (χ2n) is 5.08. The SMILES string of the molecule is C[C@@H](Oc1cccc(Br)c1)C(=O)NNC(=O)/C=C/c1cccc(F)c1. The van der Waals surface area contributed by atoms with Crippen molar-refractivity contribution >= 4 is 33.8 Å². The van der Waals surface area contributed by atoms with Crippen LogP contribution in [-0.4, -0.2) is 17.9 Å². The molecule has 0 heterocycles. The molecule has 2 N–H and O–H groups in total. The molecule has 0 aliphatic heterocycles. The summed E-state index contributed by atoms with van der Waals surface area (Å²) >= 11 is 3.31. The van der Waals surface area contributed by atoms with Gasteiger partial charge in [-0.05, 0) is 48.9 Å². The van der Waals surface area contributed by atoms with Crippen LogP contribution in [0.1, 0.15) is 12.5 Å². The van der Waals surface area contributed by atoms with Crippen LogP contribution >= 0.6 is 15.9 Å². The van der Waals surface area contributed by atoms with Crippen LogP contribution in [0.3, 0.4) is 0 Å². The minimum Gasteiger partial charge on any atom is -0.481 e. The van der Waals surface area contributed by atoms with Gasteiger partial charge in [0.05, 0.1) is 0 Å². The second kappa shape index (κ2) is 8.98. The fourth-order valence-corrected chi connectivity index (χ4v) is 2.22. The van der Waals surface area contributed by atoms with Crippen LogP contribution in [0.15, 0.2) is 59.1 Å². The first-order valence-corrected chi connectivity index (χ1v) is 8.19. The monoisotopic (exact) mass is 406 g/mol. The van der Waals surface area contributed by atoms with Crippen molar-refractivity contribution in [2.75, 3.05) is 0 Å².